The first-order valence-corrected chi connectivity index (χ1v) is 8.57. The quantitative estimate of drug-likeness (QED) is 0.843. The third kappa shape index (κ3) is 3.07. The van der Waals surface area contributed by atoms with E-state index >= 15 is 0 Å². The molecule has 0 spiro atoms. The molecule has 0 aliphatic carbocycles. The lowest BCUT2D eigenvalue weighted by atomic mass is 9.97. The Morgan fingerprint density at radius 3 is 2.67 bits per heavy atom. The number of rotatable bonds is 2. The minimum atomic E-state index is -0.0483. The molecule has 1 amide bonds. The van der Waals surface area contributed by atoms with Crippen molar-refractivity contribution in [2.24, 2.45) is 0 Å². The van der Waals surface area contributed by atoms with Crippen LogP contribution in [0.3, 0.4) is 0 Å². The van der Waals surface area contributed by atoms with Gasteiger partial charge in [-0.3, -0.25) is 9.63 Å². The predicted molar refractivity (Wildman–Crippen MR) is 93.6 cm³/mol. The number of benzene rings is 2. The van der Waals surface area contributed by atoms with Gasteiger partial charge in [0.25, 0.3) is 5.91 Å². The number of nitrogens with zero attached hydrogens (tertiary/aromatic N) is 1. The minimum Gasteiger partial charge on any atom is -0.377 e. The molecule has 2 aliphatic heterocycles. The van der Waals surface area contributed by atoms with Crippen molar-refractivity contribution in [1.82, 2.24) is 5.06 Å². The lowest BCUT2D eigenvalue weighted by Crippen LogP contribution is -2.35. The molecule has 2 aromatic carbocycles. The standard InChI is InChI=1S/C20H21NO3/c22-20(21-9-1-2-10-24-21)19-6-5-17-13-16(3-4-18(17)14-19)15-7-11-23-12-8-15/h3-7,13-14H,1-2,8-12H2. The van der Waals surface area contributed by atoms with E-state index in [1.54, 1.807) is 0 Å². The molecule has 0 radical (unpaired) electrons. The molecule has 4 rings (SSSR count). The molecule has 2 aromatic rings. The van der Waals surface area contributed by atoms with Gasteiger partial charge in [-0.25, -0.2) is 5.06 Å². The largest absolute Gasteiger partial charge is 0.377 e. The third-order valence-corrected chi connectivity index (χ3v) is 4.65. The average Bonchev–Trinajstić information content (AvgIpc) is 2.68. The first kappa shape index (κ1) is 15.4. The Bertz CT molecular complexity index is 791. The summed E-state index contributed by atoms with van der Waals surface area (Å²) in [5.74, 6) is -0.0483. The van der Waals surface area contributed by atoms with Crippen molar-refractivity contribution in [2.45, 2.75) is 19.3 Å². The highest BCUT2D eigenvalue weighted by atomic mass is 16.7. The van der Waals surface area contributed by atoms with Crippen molar-refractivity contribution in [3.8, 4) is 0 Å². The normalized spacial score (nSPS) is 18.5. The van der Waals surface area contributed by atoms with E-state index < -0.39 is 0 Å². The topological polar surface area (TPSA) is 38.8 Å². The molecular weight excluding hydrogens is 302 g/mol. The van der Waals surface area contributed by atoms with Crippen molar-refractivity contribution in [1.29, 1.82) is 0 Å². The van der Waals surface area contributed by atoms with Crippen LogP contribution in [0, 0.1) is 0 Å². The van der Waals surface area contributed by atoms with Gasteiger partial charge in [-0.1, -0.05) is 24.3 Å². The summed E-state index contributed by atoms with van der Waals surface area (Å²) < 4.78 is 5.38. The molecule has 2 aliphatic rings. The number of hydroxylamine groups is 2. The van der Waals surface area contributed by atoms with E-state index in [-0.39, 0.29) is 5.91 Å². The zero-order valence-electron chi connectivity index (χ0n) is 13.7. The lowest BCUT2D eigenvalue weighted by Gasteiger charge is -2.25. The van der Waals surface area contributed by atoms with Crippen LogP contribution in [0.4, 0.5) is 0 Å². The van der Waals surface area contributed by atoms with Crippen LogP contribution in [0.1, 0.15) is 35.2 Å². The van der Waals surface area contributed by atoms with E-state index in [9.17, 15) is 4.79 Å². The van der Waals surface area contributed by atoms with Crippen LogP contribution < -0.4 is 0 Å². The molecule has 24 heavy (non-hydrogen) atoms. The van der Waals surface area contributed by atoms with Gasteiger partial charge in [-0.05, 0) is 59.4 Å². The van der Waals surface area contributed by atoms with Gasteiger partial charge in [-0.2, -0.15) is 0 Å². The fourth-order valence-electron chi connectivity index (χ4n) is 3.27. The lowest BCUT2D eigenvalue weighted by molar-refractivity contribution is -0.144. The molecule has 4 nitrogen and oxygen atoms in total. The summed E-state index contributed by atoms with van der Waals surface area (Å²) in [5, 5.41) is 3.72. The second-order valence-electron chi connectivity index (χ2n) is 6.28. The molecule has 0 unspecified atom stereocenters. The van der Waals surface area contributed by atoms with Crippen LogP contribution in [0.2, 0.25) is 0 Å². The van der Waals surface area contributed by atoms with Gasteiger partial charge >= 0.3 is 0 Å². The number of hydrogen-bond acceptors (Lipinski definition) is 3. The number of ether oxygens (including phenoxy) is 1. The van der Waals surface area contributed by atoms with Crippen molar-refractivity contribution < 1.29 is 14.4 Å². The highest BCUT2D eigenvalue weighted by Gasteiger charge is 2.19. The monoisotopic (exact) mass is 323 g/mol. The maximum atomic E-state index is 12.5. The summed E-state index contributed by atoms with van der Waals surface area (Å²) >= 11 is 0. The summed E-state index contributed by atoms with van der Waals surface area (Å²) in [6, 6.07) is 12.3. The number of hydrogen-bond donors (Lipinski definition) is 0. The molecule has 0 atom stereocenters. The van der Waals surface area contributed by atoms with Crippen molar-refractivity contribution in [3.63, 3.8) is 0 Å². The molecule has 0 aromatic heterocycles. The Balaban J connectivity index is 1.61. The van der Waals surface area contributed by atoms with Crippen LogP contribution in [-0.2, 0) is 9.57 Å². The highest BCUT2D eigenvalue weighted by Crippen LogP contribution is 2.26. The average molecular weight is 323 g/mol. The first-order chi connectivity index (χ1) is 11.8. The minimum absolute atomic E-state index is 0.0483. The second kappa shape index (κ2) is 6.75. The number of carbonyl (C=O) groups excluding carboxylic acids is 1. The summed E-state index contributed by atoms with van der Waals surface area (Å²) in [7, 11) is 0. The van der Waals surface area contributed by atoms with E-state index in [1.165, 1.54) is 16.2 Å². The fraction of sp³-hybridized carbons (Fsp3) is 0.350. The van der Waals surface area contributed by atoms with Crippen LogP contribution in [0.5, 0.6) is 0 Å². The molecule has 0 N–H and O–H groups in total. The Morgan fingerprint density at radius 1 is 1.00 bits per heavy atom. The molecule has 124 valence electrons. The summed E-state index contributed by atoms with van der Waals surface area (Å²) in [4.78, 5) is 18.0. The Labute approximate surface area is 141 Å². The van der Waals surface area contributed by atoms with Gasteiger partial charge in [0.2, 0.25) is 0 Å². The molecule has 4 heteroatoms. The molecule has 0 bridgehead atoms. The summed E-state index contributed by atoms with van der Waals surface area (Å²) in [6.45, 7) is 2.78. The molecule has 1 fully saturated rings. The van der Waals surface area contributed by atoms with Gasteiger partial charge in [-0.15, -0.1) is 0 Å². The predicted octanol–water partition coefficient (Wildman–Crippen LogP) is 3.81. The van der Waals surface area contributed by atoms with Crippen LogP contribution in [-0.4, -0.2) is 37.3 Å². The van der Waals surface area contributed by atoms with Gasteiger partial charge in [0, 0.05) is 12.1 Å². The summed E-state index contributed by atoms with van der Waals surface area (Å²) in [5.41, 5.74) is 3.26. The number of fused-ring (bicyclic) bond motifs is 1. The van der Waals surface area contributed by atoms with E-state index in [1.807, 2.05) is 18.2 Å². The van der Waals surface area contributed by atoms with Gasteiger partial charge in [0.15, 0.2) is 0 Å². The molecular formula is C20H21NO3. The smallest absolute Gasteiger partial charge is 0.277 e. The van der Waals surface area contributed by atoms with E-state index in [4.69, 9.17) is 9.57 Å². The fourth-order valence-corrected chi connectivity index (χ4v) is 3.27. The van der Waals surface area contributed by atoms with E-state index in [0.29, 0.717) is 25.3 Å². The van der Waals surface area contributed by atoms with Crippen molar-refractivity contribution in [3.05, 3.63) is 53.6 Å². The molecule has 2 heterocycles. The second-order valence-corrected chi connectivity index (χ2v) is 6.28. The van der Waals surface area contributed by atoms with E-state index in [2.05, 4.69) is 24.3 Å². The molecule has 1 saturated heterocycles. The third-order valence-electron chi connectivity index (χ3n) is 4.65. The van der Waals surface area contributed by atoms with Gasteiger partial charge in [0.1, 0.15) is 0 Å². The highest BCUT2D eigenvalue weighted by molar-refractivity contribution is 5.98. The van der Waals surface area contributed by atoms with Crippen molar-refractivity contribution >= 4 is 22.3 Å². The van der Waals surface area contributed by atoms with Crippen LogP contribution >= 0.6 is 0 Å². The Hall–Kier alpha value is -2.17. The van der Waals surface area contributed by atoms with Crippen LogP contribution in [0.25, 0.3) is 16.3 Å². The number of amides is 1. The zero-order chi connectivity index (χ0) is 16.4. The maximum Gasteiger partial charge on any atom is 0.277 e. The first-order valence-electron chi connectivity index (χ1n) is 8.57. The number of carbonyl (C=O) groups is 1. The Kier molecular flexibility index (Phi) is 4.32. The van der Waals surface area contributed by atoms with Crippen LogP contribution in [0.15, 0.2) is 42.5 Å². The SMILES string of the molecule is O=C(c1ccc2cc(C3=CCOCC3)ccc2c1)N1CCCCO1. The Morgan fingerprint density at radius 2 is 1.88 bits per heavy atom. The van der Waals surface area contributed by atoms with Gasteiger partial charge in [0.05, 0.1) is 19.8 Å². The van der Waals surface area contributed by atoms with Gasteiger partial charge < -0.3 is 4.74 Å². The van der Waals surface area contributed by atoms with Crippen molar-refractivity contribution in [2.75, 3.05) is 26.4 Å². The van der Waals surface area contributed by atoms with E-state index in [0.717, 1.165) is 36.6 Å². The maximum absolute atomic E-state index is 12.5. The molecule has 0 saturated carbocycles. The zero-order valence-corrected chi connectivity index (χ0v) is 13.7. The summed E-state index contributed by atoms with van der Waals surface area (Å²) in [6.07, 6.45) is 5.12.